The van der Waals surface area contributed by atoms with Crippen molar-refractivity contribution in [2.45, 2.75) is 39.2 Å². The number of nitrogens with zero attached hydrogens (tertiary/aromatic N) is 1. The number of hydrogen-bond donors (Lipinski definition) is 1. The molecule has 0 unspecified atom stereocenters. The molecule has 0 aliphatic heterocycles. The summed E-state index contributed by atoms with van der Waals surface area (Å²) < 4.78 is 41.9. The quantitative estimate of drug-likeness (QED) is 0.856. The highest BCUT2D eigenvalue weighted by Gasteiger charge is 2.29. The lowest BCUT2D eigenvalue weighted by molar-refractivity contribution is -0.144. The number of furan rings is 1. The molecule has 0 aliphatic carbocycles. The summed E-state index contributed by atoms with van der Waals surface area (Å²) in [5, 5.41) is 3.18. The van der Waals surface area contributed by atoms with E-state index in [1.54, 1.807) is 6.07 Å². The Morgan fingerprint density at radius 2 is 2.06 bits per heavy atom. The Kier molecular flexibility index (Phi) is 5.22. The van der Waals surface area contributed by atoms with Crippen molar-refractivity contribution in [1.82, 2.24) is 10.2 Å². The molecule has 18 heavy (non-hydrogen) atoms. The summed E-state index contributed by atoms with van der Waals surface area (Å²) >= 11 is 0. The van der Waals surface area contributed by atoms with Gasteiger partial charge in [-0.3, -0.25) is 4.90 Å². The van der Waals surface area contributed by atoms with Gasteiger partial charge in [0, 0.05) is 18.2 Å². The first-order valence-corrected chi connectivity index (χ1v) is 5.82. The van der Waals surface area contributed by atoms with Crippen LogP contribution in [0.25, 0.3) is 0 Å². The molecule has 104 valence electrons. The Labute approximate surface area is 105 Å². The maximum absolute atomic E-state index is 12.2. The molecular weight excluding hydrogens is 245 g/mol. The van der Waals surface area contributed by atoms with Crippen LogP contribution in [0.5, 0.6) is 0 Å². The summed E-state index contributed by atoms with van der Waals surface area (Å²) in [4.78, 5) is 1.23. The van der Waals surface area contributed by atoms with Gasteiger partial charge in [-0.05, 0) is 13.1 Å². The third kappa shape index (κ3) is 5.55. The van der Waals surface area contributed by atoms with Gasteiger partial charge < -0.3 is 9.73 Å². The number of hydrogen-bond acceptors (Lipinski definition) is 3. The SMILES string of the molecule is CC(C)NCc1occc1CN(C)CC(F)(F)F. The predicted octanol–water partition coefficient (Wildman–Crippen LogP) is 2.77. The number of alkyl halides is 3. The van der Waals surface area contributed by atoms with E-state index < -0.39 is 12.7 Å². The zero-order valence-electron chi connectivity index (χ0n) is 10.8. The largest absolute Gasteiger partial charge is 0.468 e. The molecule has 1 aromatic rings. The highest BCUT2D eigenvalue weighted by Crippen LogP contribution is 2.18. The average molecular weight is 264 g/mol. The van der Waals surface area contributed by atoms with Gasteiger partial charge in [-0.25, -0.2) is 0 Å². The molecule has 0 bridgehead atoms. The monoisotopic (exact) mass is 264 g/mol. The first kappa shape index (κ1) is 15.0. The lowest BCUT2D eigenvalue weighted by Crippen LogP contribution is -2.31. The predicted molar refractivity (Wildman–Crippen MR) is 63.1 cm³/mol. The molecule has 0 radical (unpaired) electrons. The van der Waals surface area contributed by atoms with Gasteiger partial charge >= 0.3 is 6.18 Å². The Hall–Kier alpha value is -1.01. The second-order valence-electron chi connectivity index (χ2n) is 4.69. The van der Waals surface area contributed by atoms with Gasteiger partial charge in [-0.2, -0.15) is 13.2 Å². The number of nitrogens with one attached hydrogen (secondary N) is 1. The minimum Gasteiger partial charge on any atom is -0.468 e. The molecule has 3 nitrogen and oxygen atoms in total. The molecule has 0 aliphatic rings. The molecule has 0 saturated heterocycles. The lowest BCUT2D eigenvalue weighted by atomic mass is 10.2. The average Bonchev–Trinajstić information content (AvgIpc) is 2.59. The molecule has 0 aromatic carbocycles. The molecule has 1 aromatic heterocycles. The van der Waals surface area contributed by atoms with Crippen molar-refractivity contribution < 1.29 is 17.6 Å². The van der Waals surface area contributed by atoms with Crippen LogP contribution in [0.15, 0.2) is 16.7 Å². The smallest absolute Gasteiger partial charge is 0.401 e. The summed E-state index contributed by atoms with van der Waals surface area (Å²) in [6, 6.07) is 2.01. The van der Waals surface area contributed by atoms with E-state index in [0.29, 0.717) is 18.3 Å². The summed E-state index contributed by atoms with van der Waals surface area (Å²) in [6.45, 7) is 3.83. The van der Waals surface area contributed by atoms with Crippen molar-refractivity contribution in [3.8, 4) is 0 Å². The fraction of sp³-hybridized carbons (Fsp3) is 0.667. The molecule has 1 heterocycles. The zero-order chi connectivity index (χ0) is 13.8. The van der Waals surface area contributed by atoms with Crippen LogP contribution in [-0.2, 0) is 13.1 Å². The van der Waals surface area contributed by atoms with Crippen molar-refractivity contribution in [3.63, 3.8) is 0 Å². The molecule has 6 heteroatoms. The van der Waals surface area contributed by atoms with Gasteiger partial charge in [0.15, 0.2) is 0 Å². The summed E-state index contributed by atoms with van der Waals surface area (Å²) in [5.74, 6) is 0.692. The molecule has 0 atom stereocenters. The van der Waals surface area contributed by atoms with E-state index in [4.69, 9.17) is 4.42 Å². The van der Waals surface area contributed by atoms with Crippen molar-refractivity contribution in [2.75, 3.05) is 13.6 Å². The van der Waals surface area contributed by atoms with E-state index >= 15 is 0 Å². The van der Waals surface area contributed by atoms with Crippen LogP contribution in [0.1, 0.15) is 25.2 Å². The van der Waals surface area contributed by atoms with E-state index in [1.165, 1.54) is 18.2 Å². The fourth-order valence-electron chi connectivity index (χ4n) is 1.61. The van der Waals surface area contributed by atoms with Gasteiger partial charge in [0.25, 0.3) is 0 Å². The fourth-order valence-corrected chi connectivity index (χ4v) is 1.61. The molecule has 0 amide bonds. The van der Waals surface area contributed by atoms with E-state index in [2.05, 4.69) is 5.32 Å². The third-order valence-corrected chi connectivity index (χ3v) is 2.40. The van der Waals surface area contributed by atoms with Crippen molar-refractivity contribution in [3.05, 3.63) is 23.7 Å². The molecule has 1 rings (SSSR count). The second kappa shape index (κ2) is 6.24. The first-order chi connectivity index (χ1) is 8.28. The van der Waals surface area contributed by atoms with Gasteiger partial charge in [0.05, 0.1) is 19.4 Å². The molecular formula is C12H19F3N2O. The van der Waals surface area contributed by atoms with E-state index in [0.717, 1.165) is 5.56 Å². The summed E-state index contributed by atoms with van der Waals surface area (Å²) in [7, 11) is 1.44. The zero-order valence-corrected chi connectivity index (χ0v) is 10.8. The van der Waals surface area contributed by atoms with E-state index in [1.807, 2.05) is 13.8 Å². The minimum atomic E-state index is -4.17. The van der Waals surface area contributed by atoms with E-state index in [-0.39, 0.29) is 6.54 Å². The first-order valence-electron chi connectivity index (χ1n) is 5.82. The topological polar surface area (TPSA) is 28.4 Å². The Morgan fingerprint density at radius 3 is 2.61 bits per heavy atom. The third-order valence-electron chi connectivity index (χ3n) is 2.40. The molecule has 0 saturated carbocycles. The summed E-state index contributed by atoms with van der Waals surface area (Å²) in [5.41, 5.74) is 0.787. The van der Waals surface area contributed by atoms with Crippen LogP contribution in [0.3, 0.4) is 0 Å². The second-order valence-corrected chi connectivity index (χ2v) is 4.69. The molecule has 1 N–H and O–H groups in total. The van der Waals surface area contributed by atoms with Crippen molar-refractivity contribution in [1.29, 1.82) is 0 Å². The van der Waals surface area contributed by atoms with Crippen LogP contribution >= 0.6 is 0 Å². The van der Waals surface area contributed by atoms with Gasteiger partial charge in [-0.1, -0.05) is 13.8 Å². The van der Waals surface area contributed by atoms with Crippen LogP contribution in [0.4, 0.5) is 13.2 Å². The molecule has 0 spiro atoms. The Balaban J connectivity index is 2.54. The maximum atomic E-state index is 12.2. The normalized spacial score (nSPS) is 12.7. The van der Waals surface area contributed by atoms with Crippen LogP contribution in [-0.4, -0.2) is 30.7 Å². The van der Waals surface area contributed by atoms with Crippen molar-refractivity contribution >= 4 is 0 Å². The Bertz CT molecular complexity index is 360. The van der Waals surface area contributed by atoms with Crippen LogP contribution in [0.2, 0.25) is 0 Å². The number of halogens is 3. The van der Waals surface area contributed by atoms with Crippen LogP contribution in [0, 0.1) is 0 Å². The van der Waals surface area contributed by atoms with E-state index in [9.17, 15) is 13.2 Å². The highest BCUT2D eigenvalue weighted by molar-refractivity contribution is 5.16. The minimum absolute atomic E-state index is 0.227. The molecule has 0 fully saturated rings. The van der Waals surface area contributed by atoms with Gasteiger partial charge in [0.2, 0.25) is 0 Å². The van der Waals surface area contributed by atoms with Crippen LogP contribution < -0.4 is 5.32 Å². The van der Waals surface area contributed by atoms with Gasteiger partial charge in [-0.15, -0.1) is 0 Å². The Morgan fingerprint density at radius 1 is 1.39 bits per heavy atom. The maximum Gasteiger partial charge on any atom is 0.401 e. The highest BCUT2D eigenvalue weighted by atomic mass is 19.4. The van der Waals surface area contributed by atoms with Gasteiger partial charge in [0.1, 0.15) is 5.76 Å². The van der Waals surface area contributed by atoms with Crippen molar-refractivity contribution in [2.24, 2.45) is 0 Å². The standard InChI is InChI=1S/C12H19F3N2O/c1-9(2)16-6-11-10(4-5-18-11)7-17(3)8-12(13,14)15/h4-5,9,16H,6-8H2,1-3H3. The number of rotatable bonds is 6. The lowest BCUT2D eigenvalue weighted by Gasteiger charge is -2.18. The summed E-state index contributed by atoms with van der Waals surface area (Å²) in [6.07, 6.45) is -2.66.